The van der Waals surface area contributed by atoms with E-state index in [2.05, 4.69) is 5.32 Å². The summed E-state index contributed by atoms with van der Waals surface area (Å²) in [5, 5.41) is 2.54. The van der Waals surface area contributed by atoms with Gasteiger partial charge in [0.25, 0.3) is 5.91 Å². The van der Waals surface area contributed by atoms with E-state index in [-0.39, 0.29) is 12.2 Å². The van der Waals surface area contributed by atoms with E-state index in [0.29, 0.717) is 5.56 Å². The molecule has 0 aromatic heterocycles. The van der Waals surface area contributed by atoms with Crippen LogP contribution in [0.3, 0.4) is 0 Å². The second-order valence-electron chi connectivity index (χ2n) is 5.39. The van der Waals surface area contributed by atoms with Crippen LogP contribution in [0.25, 0.3) is 6.08 Å². The molecule has 5 heteroatoms. The average Bonchev–Trinajstić information content (AvgIpc) is 2.77. The van der Waals surface area contributed by atoms with Crippen molar-refractivity contribution in [2.75, 3.05) is 0 Å². The molecule has 23 heavy (non-hydrogen) atoms. The van der Waals surface area contributed by atoms with Crippen LogP contribution in [0.2, 0.25) is 0 Å². The number of nitrogens with one attached hydrogen (secondary N) is 1. The summed E-state index contributed by atoms with van der Waals surface area (Å²) < 4.78 is 13.7. The predicted molar refractivity (Wildman–Crippen MR) is 84.6 cm³/mol. The van der Waals surface area contributed by atoms with E-state index in [1.807, 2.05) is 31.2 Å². The van der Waals surface area contributed by atoms with Gasteiger partial charge in [-0.15, -0.1) is 0 Å². The summed E-state index contributed by atoms with van der Waals surface area (Å²) in [5.41, 5.74) is 2.37. The second-order valence-corrected chi connectivity index (χ2v) is 5.39. The zero-order valence-electron chi connectivity index (χ0n) is 12.5. The van der Waals surface area contributed by atoms with Crippen LogP contribution < -0.4 is 5.32 Å². The van der Waals surface area contributed by atoms with E-state index >= 15 is 0 Å². The first-order valence-corrected chi connectivity index (χ1v) is 7.19. The molecule has 0 aliphatic carbocycles. The van der Waals surface area contributed by atoms with Gasteiger partial charge in [-0.1, -0.05) is 48.0 Å². The van der Waals surface area contributed by atoms with Crippen molar-refractivity contribution in [2.24, 2.45) is 0 Å². The third-order valence-electron chi connectivity index (χ3n) is 3.60. The number of hydrogen-bond acceptors (Lipinski definition) is 2. The van der Waals surface area contributed by atoms with E-state index in [9.17, 15) is 14.0 Å². The van der Waals surface area contributed by atoms with E-state index in [0.717, 1.165) is 16.0 Å². The molecule has 1 aliphatic heterocycles. The summed E-state index contributed by atoms with van der Waals surface area (Å²) in [7, 11) is 0. The molecule has 116 valence electrons. The zero-order valence-corrected chi connectivity index (χ0v) is 12.5. The van der Waals surface area contributed by atoms with Gasteiger partial charge in [-0.3, -0.25) is 9.69 Å². The molecular weight excluding hydrogens is 295 g/mol. The van der Waals surface area contributed by atoms with Gasteiger partial charge in [0.05, 0.1) is 6.54 Å². The molecule has 0 bridgehead atoms. The third kappa shape index (κ3) is 3.13. The van der Waals surface area contributed by atoms with Crippen LogP contribution in [0.15, 0.2) is 54.2 Å². The zero-order chi connectivity index (χ0) is 16.4. The number of aryl methyl sites for hydroxylation is 1. The lowest BCUT2D eigenvalue weighted by molar-refractivity contribution is -0.123. The lowest BCUT2D eigenvalue weighted by Crippen LogP contribution is -2.30. The molecule has 2 aromatic rings. The summed E-state index contributed by atoms with van der Waals surface area (Å²) in [6.45, 7) is 1.85. The molecule has 3 rings (SSSR count). The lowest BCUT2D eigenvalue weighted by Gasteiger charge is -2.12. The SMILES string of the molecule is Cc1cccc(C=C2NC(=O)N(Cc3ccccc3F)C2=O)c1. The van der Waals surface area contributed by atoms with Gasteiger partial charge in [-0.25, -0.2) is 9.18 Å². The van der Waals surface area contributed by atoms with Gasteiger partial charge < -0.3 is 5.32 Å². The molecule has 1 heterocycles. The first kappa shape index (κ1) is 15.0. The van der Waals surface area contributed by atoms with Gasteiger partial charge in [-0.05, 0) is 24.6 Å². The van der Waals surface area contributed by atoms with Gasteiger partial charge in [0.15, 0.2) is 0 Å². The van der Waals surface area contributed by atoms with Crippen molar-refractivity contribution in [3.05, 3.63) is 76.7 Å². The maximum atomic E-state index is 13.7. The molecule has 0 unspecified atom stereocenters. The Morgan fingerprint density at radius 1 is 1.13 bits per heavy atom. The van der Waals surface area contributed by atoms with Gasteiger partial charge in [0.2, 0.25) is 0 Å². The number of amides is 3. The minimum Gasteiger partial charge on any atom is -0.303 e. The van der Waals surface area contributed by atoms with Crippen LogP contribution in [0.1, 0.15) is 16.7 Å². The van der Waals surface area contributed by atoms with Crippen LogP contribution in [-0.2, 0) is 11.3 Å². The normalized spacial score (nSPS) is 16.1. The molecule has 1 saturated heterocycles. The molecule has 4 nitrogen and oxygen atoms in total. The highest BCUT2D eigenvalue weighted by atomic mass is 19.1. The Kier molecular flexibility index (Phi) is 3.93. The van der Waals surface area contributed by atoms with Gasteiger partial charge in [0.1, 0.15) is 11.5 Å². The monoisotopic (exact) mass is 310 g/mol. The average molecular weight is 310 g/mol. The standard InChI is InChI=1S/C18H15FN2O2/c1-12-5-4-6-13(9-12)10-16-17(22)21(18(23)20-16)11-14-7-2-3-8-15(14)19/h2-10H,11H2,1H3,(H,20,23). The molecule has 1 aliphatic rings. The Labute approximate surface area is 133 Å². The highest BCUT2D eigenvalue weighted by molar-refractivity contribution is 6.13. The molecule has 3 amide bonds. The van der Waals surface area contributed by atoms with Crippen molar-refractivity contribution in [1.82, 2.24) is 10.2 Å². The first-order chi connectivity index (χ1) is 11.0. The Morgan fingerprint density at radius 3 is 2.65 bits per heavy atom. The third-order valence-corrected chi connectivity index (χ3v) is 3.60. The number of nitrogens with zero attached hydrogens (tertiary/aromatic N) is 1. The molecule has 0 saturated carbocycles. The molecule has 0 atom stereocenters. The Bertz CT molecular complexity index is 814. The summed E-state index contributed by atoms with van der Waals surface area (Å²) in [6, 6.07) is 13.1. The van der Waals surface area contributed by atoms with Crippen molar-refractivity contribution in [3.8, 4) is 0 Å². The molecule has 0 radical (unpaired) electrons. The minimum absolute atomic E-state index is 0.0947. The number of benzene rings is 2. The van der Waals surface area contributed by atoms with Crippen molar-refractivity contribution < 1.29 is 14.0 Å². The van der Waals surface area contributed by atoms with Crippen molar-refractivity contribution in [1.29, 1.82) is 0 Å². The van der Waals surface area contributed by atoms with Gasteiger partial charge >= 0.3 is 6.03 Å². The predicted octanol–water partition coefficient (Wildman–Crippen LogP) is 3.23. The molecule has 0 spiro atoms. The van der Waals surface area contributed by atoms with Crippen LogP contribution >= 0.6 is 0 Å². The summed E-state index contributed by atoms with van der Waals surface area (Å²) in [6.07, 6.45) is 1.62. The number of rotatable bonds is 3. The van der Waals surface area contributed by atoms with Crippen molar-refractivity contribution in [2.45, 2.75) is 13.5 Å². The van der Waals surface area contributed by atoms with E-state index < -0.39 is 17.8 Å². The number of hydrogen-bond donors (Lipinski definition) is 1. The Morgan fingerprint density at radius 2 is 1.91 bits per heavy atom. The fourth-order valence-electron chi connectivity index (χ4n) is 2.44. The quantitative estimate of drug-likeness (QED) is 0.699. The van der Waals surface area contributed by atoms with Crippen LogP contribution in [-0.4, -0.2) is 16.8 Å². The largest absolute Gasteiger partial charge is 0.329 e. The van der Waals surface area contributed by atoms with E-state index in [4.69, 9.17) is 0 Å². The summed E-state index contributed by atoms with van der Waals surface area (Å²) in [5.74, 6) is -0.899. The highest BCUT2D eigenvalue weighted by Crippen LogP contribution is 2.18. The number of carbonyl (C=O) groups excluding carboxylic acids is 2. The van der Waals surface area contributed by atoms with E-state index in [1.165, 1.54) is 6.07 Å². The van der Waals surface area contributed by atoms with Crippen molar-refractivity contribution >= 4 is 18.0 Å². The van der Waals surface area contributed by atoms with Gasteiger partial charge in [0, 0.05) is 5.56 Å². The maximum absolute atomic E-state index is 13.7. The number of carbonyl (C=O) groups is 2. The first-order valence-electron chi connectivity index (χ1n) is 7.19. The fourth-order valence-corrected chi connectivity index (χ4v) is 2.44. The highest BCUT2D eigenvalue weighted by Gasteiger charge is 2.33. The van der Waals surface area contributed by atoms with Crippen LogP contribution in [0.5, 0.6) is 0 Å². The fraction of sp³-hybridized carbons (Fsp3) is 0.111. The molecular formula is C18H15FN2O2. The summed E-state index contributed by atoms with van der Waals surface area (Å²) >= 11 is 0. The van der Waals surface area contributed by atoms with Crippen LogP contribution in [0.4, 0.5) is 9.18 Å². The lowest BCUT2D eigenvalue weighted by atomic mass is 10.1. The summed E-state index contributed by atoms with van der Waals surface area (Å²) in [4.78, 5) is 25.4. The van der Waals surface area contributed by atoms with Crippen molar-refractivity contribution in [3.63, 3.8) is 0 Å². The molecule has 2 aromatic carbocycles. The van der Waals surface area contributed by atoms with E-state index in [1.54, 1.807) is 24.3 Å². The topological polar surface area (TPSA) is 49.4 Å². The minimum atomic E-state index is -0.544. The number of imide groups is 1. The molecule has 1 fully saturated rings. The Hall–Kier alpha value is -2.95. The maximum Gasteiger partial charge on any atom is 0.329 e. The van der Waals surface area contributed by atoms with Gasteiger partial charge in [-0.2, -0.15) is 0 Å². The second kappa shape index (κ2) is 6.04. The number of halogens is 1. The number of urea groups is 1. The smallest absolute Gasteiger partial charge is 0.303 e. The Balaban J connectivity index is 1.84. The van der Waals surface area contributed by atoms with Crippen LogP contribution in [0, 0.1) is 12.7 Å². The molecule has 1 N–H and O–H groups in total.